The third-order valence-corrected chi connectivity index (χ3v) is 1.60. The Kier molecular flexibility index (Phi) is 2.80. The van der Waals surface area contributed by atoms with Crippen LogP contribution in [0.4, 0.5) is 0 Å². The van der Waals surface area contributed by atoms with Crippen molar-refractivity contribution < 1.29 is 14.3 Å². The van der Waals surface area contributed by atoms with Crippen LogP contribution < -0.4 is 4.74 Å². The maximum atomic E-state index is 10.7. The number of hydrogen-bond acceptors (Lipinski definition) is 3. The van der Waals surface area contributed by atoms with Gasteiger partial charge in [-0.25, -0.2) is 0 Å². The van der Waals surface area contributed by atoms with E-state index < -0.39 is 0 Å². The second-order valence-corrected chi connectivity index (χ2v) is 2.74. The van der Waals surface area contributed by atoms with Gasteiger partial charge in [0.2, 0.25) is 0 Å². The zero-order valence-corrected chi connectivity index (χ0v) is 7.53. The van der Waals surface area contributed by atoms with Crippen molar-refractivity contribution in [3.8, 4) is 5.75 Å². The Morgan fingerprint density at radius 2 is 2.15 bits per heavy atom. The lowest BCUT2D eigenvalue weighted by atomic mass is 10.1. The van der Waals surface area contributed by atoms with Gasteiger partial charge in [0.05, 0.1) is 0 Å². The van der Waals surface area contributed by atoms with Gasteiger partial charge in [0.25, 0.3) is 0 Å². The minimum absolute atomic E-state index is 0.383. The van der Waals surface area contributed by atoms with E-state index in [1.54, 1.807) is 18.2 Å². The molecule has 0 fully saturated rings. The van der Waals surface area contributed by atoms with E-state index in [1.165, 1.54) is 6.92 Å². The highest BCUT2D eigenvalue weighted by atomic mass is 16.5. The summed E-state index contributed by atoms with van der Waals surface area (Å²) in [6.07, 6.45) is 0.715. The molecule has 0 unspecified atom stereocenters. The summed E-state index contributed by atoms with van der Waals surface area (Å²) in [7, 11) is 0. The Hall–Kier alpha value is -1.64. The molecule has 0 radical (unpaired) electrons. The van der Waals surface area contributed by atoms with Crippen molar-refractivity contribution in [2.75, 3.05) is 0 Å². The van der Waals surface area contributed by atoms with Crippen LogP contribution >= 0.6 is 0 Å². The molecule has 0 bridgehead atoms. The Balaban J connectivity index is 3.03. The van der Waals surface area contributed by atoms with Gasteiger partial charge in [0.1, 0.15) is 12.0 Å². The summed E-state index contributed by atoms with van der Waals surface area (Å²) in [5.41, 5.74) is 1.34. The predicted molar refractivity (Wildman–Crippen MR) is 47.9 cm³/mol. The molecule has 0 aliphatic carbocycles. The first kappa shape index (κ1) is 9.45. The number of carbonyl (C=O) groups is 2. The molecule has 3 heteroatoms. The standard InChI is InChI=1S/C10H10O3/c1-7-3-4-9(6-11)5-10(7)13-8(2)12/h3-6H,1-2H3. The molecule has 1 aromatic rings. The van der Waals surface area contributed by atoms with E-state index >= 15 is 0 Å². The van der Waals surface area contributed by atoms with E-state index in [-0.39, 0.29) is 5.97 Å². The average molecular weight is 178 g/mol. The SMILES string of the molecule is CC(=O)Oc1cc(C=O)ccc1C. The van der Waals surface area contributed by atoms with Gasteiger partial charge in [0.15, 0.2) is 0 Å². The number of aryl methyl sites for hydroxylation is 1. The average Bonchev–Trinajstić information content (AvgIpc) is 2.08. The van der Waals surface area contributed by atoms with Crippen molar-refractivity contribution in [2.24, 2.45) is 0 Å². The largest absolute Gasteiger partial charge is 0.426 e. The molecule has 0 heterocycles. The smallest absolute Gasteiger partial charge is 0.308 e. The van der Waals surface area contributed by atoms with E-state index in [2.05, 4.69) is 0 Å². The van der Waals surface area contributed by atoms with Crippen LogP contribution in [0.1, 0.15) is 22.8 Å². The molecule has 1 rings (SSSR count). The molecule has 3 nitrogen and oxygen atoms in total. The highest BCUT2D eigenvalue weighted by Crippen LogP contribution is 2.18. The Morgan fingerprint density at radius 3 is 2.69 bits per heavy atom. The van der Waals surface area contributed by atoms with E-state index in [1.807, 2.05) is 6.92 Å². The Morgan fingerprint density at radius 1 is 1.46 bits per heavy atom. The summed E-state index contributed by atoms with van der Waals surface area (Å²) >= 11 is 0. The highest BCUT2D eigenvalue weighted by Gasteiger charge is 2.03. The number of hydrogen-bond donors (Lipinski definition) is 0. The summed E-state index contributed by atoms with van der Waals surface area (Å²) < 4.78 is 4.89. The molecular weight excluding hydrogens is 168 g/mol. The van der Waals surface area contributed by atoms with E-state index in [0.29, 0.717) is 17.6 Å². The van der Waals surface area contributed by atoms with Gasteiger partial charge in [-0.2, -0.15) is 0 Å². The van der Waals surface area contributed by atoms with Crippen LogP contribution in [0.3, 0.4) is 0 Å². The number of esters is 1. The minimum Gasteiger partial charge on any atom is -0.426 e. The van der Waals surface area contributed by atoms with Crippen molar-refractivity contribution in [2.45, 2.75) is 13.8 Å². The van der Waals surface area contributed by atoms with Gasteiger partial charge in [-0.05, 0) is 18.6 Å². The van der Waals surface area contributed by atoms with Crippen LogP contribution in [0.25, 0.3) is 0 Å². The third-order valence-electron chi connectivity index (χ3n) is 1.60. The van der Waals surface area contributed by atoms with Crippen molar-refractivity contribution in [3.05, 3.63) is 29.3 Å². The first-order chi connectivity index (χ1) is 6.13. The fourth-order valence-corrected chi connectivity index (χ4v) is 0.955. The van der Waals surface area contributed by atoms with E-state index in [9.17, 15) is 9.59 Å². The van der Waals surface area contributed by atoms with Gasteiger partial charge in [-0.3, -0.25) is 9.59 Å². The monoisotopic (exact) mass is 178 g/mol. The van der Waals surface area contributed by atoms with Gasteiger partial charge < -0.3 is 4.74 Å². The highest BCUT2D eigenvalue weighted by molar-refractivity contribution is 5.77. The van der Waals surface area contributed by atoms with Crippen LogP contribution in [0.15, 0.2) is 18.2 Å². The summed E-state index contributed by atoms with van der Waals surface area (Å²) in [6.45, 7) is 3.14. The molecular formula is C10H10O3. The molecule has 0 aliphatic heterocycles. The number of ether oxygens (including phenoxy) is 1. The fraction of sp³-hybridized carbons (Fsp3) is 0.200. The summed E-state index contributed by atoms with van der Waals surface area (Å²) in [4.78, 5) is 21.1. The van der Waals surface area contributed by atoms with Gasteiger partial charge >= 0.3 is 5.97 Å². The number of carbonyl (C=O) groups excluding carboxylic acids is 2. The molecule has 0 atom stereocenters. The van der Waals surface area contributed by atoms with Crippen LogP contribution in [0, 0.1) is 6.92 Å². The summed E-state index contributed by atoms with van der Waals surface area (Å²) in [6, 6.07) is 4.96. The lowest BCUT2D eigenvalue weighted by molar-refractivity contribution is -0.131. The molecule has 1 aromatic carbocycles. The second-order valence-electron chi connectivity index (χ2n) is 2.74. The maximum Gasteiger partial charge on any atom is 0.308 e. The molecule has 0 aromatic heterocycles. The normalized spacial score (nSPS) is 9.38. The van der Waals surface area contributed by atoms with Gasteiger partial charge in [0, 0.05) is 12.5 Å². The van der Waals surface area contributed by atoms with Gasteiger partial charge in [-0.1, -0.05) is 12.1 Å². The number of rotatable bonds is 2. The van der Waals surface area contributed by atoms with Crippen molar-refractivity contribution in [1.29, 1.82) is 0 Å². The lowest BCUT2D eigenvalue weighted by Gasteiger charge is -2.04. The molecule has 13 heavy (non-hydrogen) atoms. The molecule has 68 valence electrons. The predicted octanol–water partition coefficient (Wildman–Crippen LogP) is 1.73. The molecule has 0 saturated carbocycles. The topological polar surface area (TPSA) is 43.4 Å². The van der Waals surface area contributed by atoms with Crippen molar-refractivity contribution in [1.82, 2.24) is 0 Å². The van der Waals surface area contributed by atoms with Crippen LogP contribution in [0.5, 0.6) is 5.75 Å². The summed E-state index contributed by atoms with van der Waals surface area (Å²) in [5, 5.41) is 0. The summed E-state index contributed by atoms with van der Waals surface area (Å²) in [5.74, 6) is 0.0586. The van der Waals surface area contributed by atoms with E-state index in [0.717, 1.165) is 5.56 Å². The third kappa shape index (κ3) is 2.40. The molecule has 0 aliphatic rings. The lowest BCUT2D eigenvalue weighted by Crippen LogP contribution is -2.03. The van der Waals surface area contributed by atoms with Crippen molar-refractivity contribution >= 4 is 12.3 Å². The number of aldehydes is 1. The van der Waals surface area contributed by atoms with Crippen molar-refractivity contribution in [3.63, 3.8) is 0 Å². The molecule has 0 saturated heterocycles. The fourth-order valence-electron chi connectivity index (χ4n) is 0.955. The zero-order valence-electron chi connectivity index (χ0n) is 7.53. The molecule has 0 N–H and O–H groups in total. The van der Waals surface area contributed by atoms with Crippen LogP contribution in [-0.2, 0) is 4.79 Å². The van der Waals surface area contributed by atoms with Crippen LogP contribution in [0.2, 0.25) is 0 Å². The minimum atomic E-state index is -0.383. The Bertz CT molecular complexity index is 342. The Labute approximate surface area is 76.3 Å². The second kappa shape index (κ2) is 3.85. The quantitative estimate of drug-likeness (QED) is 0.393. The molecule has 0 spiro atoms. The number of benzene rings is 1. The van der Waals surface area contributed by atoms with E-state index in [4.69, 9.17) is 4.74 Å². The first-order valence-electron chi connectivity index (χ1n) is 3.87. The van der Waals surface area contributed by atoms with Gasteiger partial charge in [-0.15, -0.1) is 0 Å². The maximum absolute atomic E-state index is 10.7. The first-order valence-corrected chi connectivity index (χ1v) is 3.87. The van der Waals surface area contributed by atoms with Crippen LogP contribution in [-0.4, -0.2) is 12.3 Å². The molecule has 0 amide bonds. The zero-order chi connectivity index (χ0) is 9.84.